The maximum absolute atomic E-state index is 13.7. The lowest BCUT2D eigenvalue weighted by Crippen LogP contribution is -2.16. The standard InChI is InChI=1S/C21H30NO3P/c1-6-15-25-26(24,20-13-11-19(12-14-20)22(4)5)21(23)18-9-7-17(8-10-18)16(2)3/h7-14,16,21,23H,6,15H2,1-5H3. The lowest BCUT2D eigenvalue weighted by molar-refractivity contribution is 0.214. The van der Waals surface area contributed by atoms with E-state index in [9.17, 15) is 9.67 Å². The largest absolute Gasteiger partial charge is 0.378 e. The van der Waals surface area contributed by atoms with Gasteiger partial charge in [0.2, 0.25) is 0 Å². The molecule has 5 heteroatoms. The lowest BCUT2D eigenvalue weighted by atomic mass is 10.0. The van der Waals surface area contributed by atoms with Crippen LogP contribution in [0.4, 0.5) is 5.69 Å². The van der Waals surface area contributed by atoms with E-state index < -0.39 is 13.2 Å². The molecule has 1 N–H and O–H groups in total. The molecule has 2 atom stereocenters. The minimum atomic E-state index is -3.45. The van der Waals surface area contributed by atoms with Gasteiger partial charge in [0.15, 0.2) is 5.85 Å². The van der Waals surface area contributed by atoms with E-state index in [2.05, 4.69) is 13.8 Å². The third-order valence-electron chi connectivity index (χ3n) is 4.44. The number of hydrogen-bond acceptors (Lipinski definition) is 4. The molecule has 2 aromatic carbocycles. The Balaban J connectivity index is 2.39. The van der Waals surface area contributed by atoms with Crippen LogP contribution in [-0.2, 0) is 9.09 Å². The van der Waals surface area contributed by atoms with Crippen molar-refractivity contribution in [3.05, 3.63) is 59.7 Å². The maximum atomic E-state index is 13.7. The summed E-state index contributed by atoms with van der Waals surface area (Å²) in [6.07, 6.45) is 0.735. The van der Waals surface area contributed by atoms with Crippen LogP contribution in [0.2, 0.25) is 0 Å². The van der Waals surface area contributed by atoms with E-state index >= 15 is 0 Å². The number of anilines is 1. The molecule has 0 heterocycles. The van der Waals surface area contributed by atoms with Gasteiger partial charge in [-0.05, 0) is 47.7 Å². The molecule has 142 valence electrons. The summed E-state index contributed by atoms with van der Waals surface area (Å²) < 4.78 is 19.4. The van der Waals surface area contributed by atoms with Gasteiger partial charge in [-0.1, -0.05) is 45.0 Å². The molecule has 0 bridgehead atoms. The Labute approximate surface area is 157 Å². The Hall–Kier alpha value is -1.61. The summed E-state index contributed by atoms with van der Waals surface area (Å²) in [5.41, 5.74) is 2.80. The highest BCUT2D eigenvalue weighted by Gasteiger charge is 2.36. The minimum absolute atomic E-state index is 0.341. The predicted molar refractivity (Wildman–Crippen MR) is 110 cm³/mol. The van der Waals surface area contributed by atoms with Gasteiger partial charge in [-0.25, -0.2) is 0 Å². The highest BCUT2D eigenvalue weighted by atomic mass is 31.2. The minimum Gasteiger partial charge on any atom is -0.378 e. The number of aliphatic hydroxyl groups is 1. The molecule has 0 aromatic heterocycles. The van der Waals surface area contributed by atoms with Gasteiger partial charge in [-0.15, -0.1) is 0 Å². The van der Waals surface area contributed by atoms with E-state index in [0.29, 0.717) is 23.4 Å². The van der Waals surface area contributed by atoms with Crippen molar-refractivity contribution < 1.29 is 14.2 Å². The number of nitrogens with zero attached hydrogens (tertiary/aromatic N) is 1. The van der Waals surface area contributed by atoms with Gasteiger partial charge in [-0.3, -0.25) is 4.57 Å². The molecule has 0 radical (unpaired) electrons. The second kappa shape index (κ2) is 8.85. The Morgan fingerprint density at radius 3 is 2.00 bits per heavy atom. The molecule has 4 nitrogen and oxygen atoms in total. The van der Waals surface area contributed by atoms with Crippen LogP contribution >= 0.6 is 7.37 Å². The van der Waals surface area contributed by atoms with Crippen LogP contribution in [0.5, 0.6) is 0 Å². The first-order chi connectivity index (χ1) is 12.3. The smallest absolute Gasteiger partial charge is 0.264 e. The number of rotatable bonds is 8. The molecule has 0 spiro atoms. The van der Waals surface area contributed by atoms with Gasteiger partial charge in [0.25, 0.3) is 7.37 Å². The first-order valence-corrected chi connectivity index (χ1v) is 10.8. The van der Waals surface area contributed by atoms with Gasteiger partial charge in [0.05, 0.1) is 6.61 Å². The lowest BCUT2D eigenvalue weighted by Gasteiger charge is -2.25. The fourth-order valence-electron chi connectivity index (χ4n) is 2.72. The second-order valence-corrected chi connectivity index (χ2v) is 9.49. The Bertz CT molecular complexity index is 739. The summed E-state index contributed by atoms with van der Waals surface area (Å²) in [6, 6.07) is 15.0. The van der Waals surface area contributed by atoms with Crippen molar-refractivity contribution in [1.29, 1.82) is 0 Å². The van der Waals surface area contributed by atoms with Crippen molar-refractivity contribution in [1.82, 2.24) is 0 Å². The van der Waals surface area contributed by atoms with E-state index in [1.54, 1.807) is 12.1 Å². The van der Waals surface area contributed by atoms with Crippen LogP contribution in [0.3, 0.4) is 0 Å². The molecule has 0 aliphatic rings. The van der Waals surface area contributed by atoms with E-state index in [1.165, 1.54) is 5.56 Å². The Kier molecular flexibility index (Phi) is 7.05. The van der Waals surface area contributed by atoms with Crippen LogP contribution in [0, 0.1) is 0 Å². The SMILES string of the molecule is CCCOP(=O)(c1ccc(N(C)C)cc1)C(O)c1ccc(C(C)C)cc1. The number of aliphatic hydroxyl groups excluding tert-OH is 1. The number of hydrogen-bond donors (Lipinski definition) is 1. The summed E-state index contributed by atoms with van der Waals surface area (Å²) in [6.45, 7) is 6.54. The summed E-state index contributed by atoms with van der Waals surface area (Å²) >= 11 is 0. The van der Waals surface area contributed by atoms with Crippen LogP contribution in [0.25, 0.3) is 0 Å². The first kappa shape index (κ1) is 20.7. The first-order valence-electron chi connectivity index (χ1n) is 9.09. The van der Waals surface area contributed by atoms with Gasteiger partial charge in [-0.2, -0.15) is 0 Å². The normalized spacial score (nSPS) is 14.9. The molecule has 2 aromatic rings. The summed E-state index contributed by atoms with van der Waals surface area (Å²) in [4.78, 5) is 1.97. The molecule has 0 aliphatic carbocycles. The van der Waals surface area contributed by atoms with E-state index in [0.717, 1.165) is 12.1 Å². The van der Waals surface area contributed by atoms with Crippen molar-refractivity contribution in [3.8, 4) is 0 Å². The predicted octanol–water partition coefficient (Wildman–Crippen LogP) is 4.90. The Morgan fingerprint density at radius 2 is 1.54 bits per heavy atom. The third kappa shape index (κ3) is 4.56. The zero-order valence-corrected chi connectivity index (χ0v) is 17.2. The summed E-state index contributed by atoms with van der Waals surface area (Å²) in [7, 11) is 0.450. The molecule has 0 aliphatic heterocycles. The summed E-state index contributed by atoms with van der Waals surface area (Å²) in [5, 5.41) is 11.5. The quantitative estimate of drug-likeness (QED) is 0.667. The zero-order valence-electron chi connectivity index (χ0n) is 16.3. The van der Waals surface area contributed by atoms with Crippen LogP contribution in [0.15, 0.2) is 48.5 Å². The van der Waals surface area contributed by atoms with Crippen molar-refractivity contribution in [2.24, 2.45) is 0 Å². The van der Waals surface area contributed by atoms with Crippen molar-refractivity contribution in [2.75, 3.05) is 25.6 Å². The monoisotopic (exact) mass is 375 g/mol. The van der Waals surface area contributed by atoms with Gasteiger partial charge < -0.3 is 14.5 Å². The number of benzene rings is 2. The van der Waals surface area contributed by atoms with Gasteiger partial charge >= 0.3 is 0 Å². The van der Waals surface area contributed by atoms with Crippen LogP contribution in [0.1, 0.15) is 50.1 Å². The Morgan fingerprint density at radius 1 is 1.00 bits per heavy atom. The van der Waals surface area contributed by atoms with Crippen molar-refractivity contribution >= 4 is 18.4 Å². The van der Waals surface area contributed by atoms with Crippen molar-refractivity contribution in [3.63, 3.8) is 0 Å². The third-order valence-corrected chi connectivity index (χ3v) is 6.96. The van der Waals surface area contributed by atoms with Gasteiger partial charge in [0, 0.05) is 25.1 Å². The van der Waals surface area contributed by atoms with Gasteiger partial charge in [0.1, 0.15) is 0 Å². The maximum Gasteiger partial charge on any atom is 0.264 e. The molecule has 0 fully saturated rings. The average Bonchev–Trinajstić information content (AvgIpc) is 2.65. The van der Waals surface area contributed by atoms with Crippen molar-refractivity contribution in [2.45, 2.75) is 39.0 Å². The molecule has 2 unspecified atom stereocenters. The molecule has 0 saturated heterocycles. The van der Waals surface area contributed by atoms with Crippen LogP contribution in [-0.4, -0.2) is 25.8 Å². The highest BCUT2D eigenvalue weighted by Crippen LogP contribution is 2.57. The molecule has 0 amide bonds. The van der Waals surface area contributed by atoms with E-state index in [4.69, 9.17) is 4.52 Å². The summed E-state index contributed by atoms with van der Waals surface area (Å²) in [5.74, 6) is -0.775. The highest BCUT2D eigenvalue weighted by molar-refractivity contribution is 7.67. The fraction of sp³-hybridized carbons (Fsp3) is 0.429. The topological polar surface area (TPSA) is 49.8 Å². The van der Waals surface area contributed by atoms with Crippen LogP contribution < -0.4 is 10.2 Å². The van der Waals surface area contributed by atoms with E-state index in [1.807, 2.05) is 62.3 Å². The molecule has 26 heavy (non-hydrogen) atoms. The molecular formula is C21H30NO3P. The average molecular weight is 375 g/mol. The van der Waals surface area contributed by atoms with E-state index in [-0.39, 0.29) is 0 Å². The molecular weight excluding hydrogens is 345 g/mol. The molecule has 0 saturated carbocycles. The zero-order chi connectivity index (χ0) is 19.3. The second-order valence-electron chi connectivity index (χ2n) is 7.04. The molecule has 2 rings (SSSR count). The fourth-order valence-corrected chi connectivity index (χ4v) is 4.88.